The predicted octanol–water partition coefficient (Wildman–Crippen LogP) is 5.40. The van der Waals surface area contributed by atoms with E-state index in [1.165, 1.54) is 31.4 Å². The normalized spacial score (nSPS) is 19.0. The van der Waals surface area contributed by atoms with Crippen molar-refractivity contribution in [3.05, 3.63) is 59.4 Å². The number of carbonyl (C=O) groups is 2. The summed E-state index contributed by atoms with van der Waals surface area (Å²) in [5, 5.41) is 5.92. The first-order valence-corrected chi connectivity index (χ1v) is 12.6. The fourth-order valence-electron chi connectivity index (χ4n) is 4.96. The summed E-state index contributed by atoms with van der Waals surface area (Å²) in [6.07, 6.45) is 2.72. The van der Waals surface area contributed by atoms with Crippen LogP contribution in [-0.2, 0) is 17.5 Å². The van der Waals surface area contributed by atoms with E-state index in [9.17, 15) is 22.8 Å². The molecule has 194 valence electrons. The molecular weight excluding hydrogens is 469 g/mol. The molecule has 2 aromatic rings. The fourth-order valence-corrected chi connectivity index (χ4v) is 4.96. The van der Waals surface area contributed by atoms with Gasteiger partial charge >= 0.3 is 6.18 Å². The molecule has 1 aliphatic heterocycles. The molecular formula is C27H33F3N4O2. The van der Waals surface area contributed by atoms with Crippen LogP contribution in [0.3, 0.4) is 0 Å². The van der Waals surface area contributed by atoms with E-state index in [1.807, 2.05) is 12.1 Å². The topological polar surface area (TPSA) is 74.3 Å². The van der Waals surface area contributed by atoms with Crippen LogP contribution in [0.2, 0.25) is 0 Å². The highest BCUT2D eigenvalue weighted by Crippen LogP contribution is 2.33. The maximum atomic E-state index is 13.0. The summed E-state index contributed by atoms with van der Waals surface area (Å²) in [7, 11) is 0. The Bertz CT molecular complexity index is 1070. The molecule has 9 heteroatoms. The van der Waals surface area contributed by atoms with Gasteiger partial charge in [-0.3, -0.25) is 14.5 Å². The van der Waals surface area contributed by atoms with E-state index in [1.54, 1.807) is 12.1 Å². The zero-order valence-corrected chi connectivity index (χ0v) is 20.5. The van der Waals surface area contributed by atoms with Crippen LogP contribution in [0.5, 0.6) is 0 Å². The molecule has 1 aliphatic carbocycles. The standard InChI is InChI=1S/C27H33F3N4O2/c1-26(25(36)32-20-8-3-2-4-9-20)13-15-34(16-14-26)18-19-7-5-10-21(17-19)31-24(35)22-11-6-12-23(33-22)27(28,29)30/h5-7,10-12,17,20H,2-4,8-9,13-16,18H2,1H3,(H,31,35)(H,32,36). The summed E-state index contributed by atoms with van der Waals surface area (Å²) in [4.78, 5) is 31.2. The van der Waals surface area contributed by atoms with Crippen LogP contribution in [0.4, 0.5) is 18.9 Å². The van der Waals surface area contributed by atoms with Gasteiger partial charge in [0.2, 0.25) is 5.91 Å². The van der Waals surface area contributed by atoms with Gasteiger partial charge in [-0.25, -0.2) is 4.98 Å². The van der Waals surface area contributed by atoms with Crippen molar-refractivity contribution < 1.29 is 22.8 Å². The summed E-state index contributed by atoms with van der Waals surface area (Å²) in [5.74, 6) is -0.530. The number of hydrogen-bond acceptors (Lipinski definition) is 4. The Hall–Kier alpha value is -2.94. The van der Waals surface area contributed by atoms with Gasteiger partial charge < -0.3 is 10.6 Å². The lowest BCUT2D eigenvalue weighted by Crippen LogP contribution is -2.49. The first-order valence-electron chi connectivity index (χ1n) is 12.6. The number of hydrogen-bond donors (Lipinski definition) is 2. The van der Waals surface area contributed by atoms with Crippen LogP contribution in [0.15, 0.2) is 42.5 Å². The molecule has 1 saturated carbocycles. The van der Waals surface area contributed by atoms with Crippen molar-refractivity contribution in [2.24, 2.45) is 5.41 Å². The molecule has 2 fully saturated rings. The first kappa shape index (κ1) is 26.1. The Morgan fingerprint density at radius 1 is 1.06 bits per heavy atom. The van der Waals surface area contributed by atoms with Crippen molar-refractivity contribution in [2.45, 2.75) is 70.6 Å². The lowest BCUT2D eigenvalue weighted by Gasteiger charge is -2.39. The second-order valence-corrected chi connectivity index (χ2v) is 10.2. The van der Waals surface area contributed by atoms with Gasteiger partial charge in [-0.1, -0.05) is 44.4 Å². The number of aromatic nitrogens is 1. The number of rotatable bonds is 6. The number of halogens is 3. The fraction of sp³-hybridized carbons (Fsp3) is 0.519. The van der Waals surface area contributed by atoms with E-state index < -0.39 is 17.8 Å². The number of pyridine rings is 1. The quantitative estimate of drug-likeness (QED) is 0.555. The third-order valence-corrected chi connectivity index (χ3v) is 7.31. The smallest absolute Gasteiger partial charge is 0.353 e. The average molecular weight is 503 g/mol. The molecule has 4 rings (SSSR count). The van der Waals surface area contributed by atoms with Gasteiger partial charge in [0.15, 0.2) is 0 Å². The van der Waals surface area contributed by atoms with Crippen molar-refractivity contribution in [3.63, 3.8) is 0 Å². The Morgan fingerprint density at radius 2 is 1.75 bits per heavy atom. The number of amides is 2. The maximum Gasteiger partial charge on any atom is 0.433 e. The van der Waals surface area contributed by atoms with Crippen molar-refractivity contribution in [2.75, 3.05) is 18.4 Å². The highest BCUT2D eigenvalue weighted by molar-refractivity contribution is 6.02. The van der Waals surface area contributed by atoms with Gasteiger partial charge in [-0.15, -0.1) is 0 Å². The first-order chi connectivity index (χ1) is 17.1. The van der Waals surface area contributed by atoms with Gasteiger partial charge in [-0.2, -0.15) is 13.2 Å². The zero-order chi connectivity index (χ0) is 25.8. The Balaban J connectivity index is 1.31. The SMILES string of the molecule is CC1(C(=O)NC2CCCCC2)CCN(Cc2cccc(NC(=O)c3cccc(C(F)(F)F)n3)c2)CC1. The summed E-state index contributed by atoms with van der Waals surface area (Å²) in [6, 6.07) is 10.8. The number of nitrogens with one attached hydrogen (secondary N) is 2. The van der Waals surface area contributed by atoms with E-state index in [0.717, 1.165) is 50.4 Å². The minimum atomic E-state index is -4.61. The van der Waals surface area contributed by atoms with Gasteiger partial charge in [-0.05, 0) is 68.6 Å². The predicted molar refractivity (Wildman–Crippen MR) is 131 cm³/mol. The van der Waals surface area contributed by atoms with Gasteiger partial charge in [0, 0.05) is 23.7 Å². The molecule has 2 aliphatic rings. The molecule has 2 N–H and O–H groups in total. The van der Waals surface area contributed by atoms with Gasteiger partial charge in [0.25, 0.3) is 5.91 Å². The molecule has 0 spiro atoms. The lowest BCUT2D eigenvalue weighted by atomic mass is 9.79. The molecule has 6 nitrogen and oxygen atoms in total. The second-order valence-electron chi connectivity index (χ2n) is 10.2. The van der Waals surface area contributed by atoms with Crippen molar-refractivity contribution in [1.29, 1.82) is 0 Å². The monoisotopic (exact) mass is 502 g/mol. The third kappa shape index (κ3) is 6.63. The Morgan fingerprint density at radius 3 is 2.44 bits per heavy atom. The largest absolute Gasteiger partial charge is 0.433 e. The highest BCUT2D eigenvalue weighted by atomic mass is 19.4. The van der Waals surface area contributed by atoms with Crippen LogP contribution in [0.25, 0.3) is 0 Å². The number of likely N-dealkylation sites (tertiary alicyclic amines) is 1. The lowest BCUT2D eigenvalue weighted by molar-refractivity contribution is -0.141. The molecule has 2 amide bonds. The molecule has 1 saturated heterocycles. The van der Waals surface area contributed by atoms with Gasteiger partial charge in [0.05, 0.1) is 0 Å². The van der Waals surface area contributed by atoms with Crippen molar-refractivity contribution in [1.82, 2.24) is 15.2 Å². The zero-order valence-electron chi connectivity index (χ0n) is 20.5. The van der Waals surface area contributed by atoms with E-state index in [4.69, 9.17) is 0 Å². The second kappa shape index (κ2) is 11.0. The molecule has 1 aromatic heterocycles. The molecule has 1 aromatic carbocycles. The number of benzene rings is 1. The van der Waals surface area contributed by atoms with E-state index in [2.05, 4.69) is 27.4 Å². The number of nitrogens with zero attached hydrogens (tertiary/aromatic N) is 2. The van der Waals surface area contributed by atoms with Crippen LogP contribution >= 0.6 is 0 Å². The summed E-state index contributed by atoms with van der Waals surface area (Å²) in [6.45, 7) is 4.30. The molecule has 0 bridgehead atoms. The minimum absolute atomic E-state index is 0.168. The van der Waals surface area contributed by atoms with Crippen LogP contribution in [-0.4, -0.2) is 40.8 Å². The maximum absolute atomic E-state index is 13.0. The highest BCUT2D eigenvalue weighted by Gasteiger charge is 2.38. The van der Waals surface area contributed by atoms with Gasteiger partial charge in [0.1, 0.15) is 11.4 Å². The summed E-state index contributed by atoms with van der Waals surface area (Å²) in [5.41, 5.74) is -0.294. The molecule has 2 heterocycles. The van der Waals surface area contributed by atoms with Crippen LogP contribution < -0.4 is 10.6 Å². The number of piperidine rings is 1. The van der Waals surface area contributed by atoms with Crippen molar-refractivity contribution in [3.8, 4) is 0 Å². The summed E-state index contributed by atoms with van der Waals surface area (Å²) < 4.78 is 38.7. The van der Waals surface area contributed by atoms with E-state index in [-0.39, 0.29) is 17.0 Å². The van der Waals surface area contributed by atoms with Crippen LogP contribution in [0, 0.1) is 5.41 Å². The Labute approximate surface area is 209 Å². The molecule has 0 atom stereocenters. The molecule has 36 heavy (non-hydrogen) atoms. The Kier molecular flexibility index (Phi) is 7.97. The minimum Gasteiger partial charge on any atom is -0.353 e. The summed E-state index contributed by atoms with van der Waals surface area (Å²) >= 11 is 0. The molecule has 0 radical (unpaired) electrons. The molecule has 0 unspecified atom stereocenters. The van der Waals surface area contributed by atoms with E-state index in [0.29, 0.717) is 18.3 Å². The van der Waals surface area contributed by atoms with Crippen LogP contribution in [0.1, 0.15) is 73.6 Å². The number of anilines is 1. The number of carbonyl (C=O) groups excluding carboxylic acids is 2. The third-order valence-electron chi connectivity index (χ3n) is 7.31. The van der Waals surface area contributed by atoms with E-state index >= 15 is 0 Å². The average Bonchev–Trinajstić information content (AvgIpc) is 2.86. The number of alkyl halides is 3. The van der Waals surface area contributed by atoms with Crippen molar-refractivity contribution >= 4 is 17.5 Å².